The summed E-state index contributed by atoms with van der Waals surface area (Å²) in [6, 6.07) is 16.4. The van der Waals surface area contributed by atoms with Crippen molar-refractivity contribution in [2.75, 3.05) is 5.43 Å². The zero-order chi connectivity index (χ0) is 16.8. The van der Waals surface area contributed by atoms with Gasteiger partial charge in [0, 0.05) is 11.6 Å². The SMILES string of the molecule is O=CNNc1cc(Oc2ccc(F)cc2)nc(-c2ccccc2)n1. The number of hydrogen-bond donors (Lipinski definition) is 2. The highest BCUT2D eigenvalue weighted by atomic mass is 19.1. The zero-order valence-electron chi connectivity index (χ0n) is 12.4. The van der Waals surface area contributed by atoms with E-state index < -0.39 is 0 Å². The van der Waals surface area contributed by atoms with Gasteiger partial charge in [0.15, 0.2) is 11.6 Å². The van der Waals surface area contributed by atoms with Crippen LogP contribution in [0.4, 0.5) is 10.2 Å². The highest BCUT2D eigenvalue weighted by Gasteiger charge is 2.09. The van der Waals surface area contributed by atoms with Crippen LogP contribution < -0.4 is 15.6 Å². The van der Waals surface area contributed by atoms with Gasteiger partial charge in [-0.1, -0.05) is 30.3 Å². The van der Waals surface area contributed by atoms with Gasteiger partial charge in [-0.2, -0.15) is 4.98 Å². The Morgan fingerprint density at radius 2 is 1.75 bits per heavy atom. The number of halogens is 1. The molecule has 0 aliphatic carbocycles. The Balaban J connectivity index is 1.94. The van der Waals surface area contributed by atoms with E-state index in [-0.39, 0.29) is 11.7 Å². The summed E-state index contributed by atoms with van der Waals surface area (Å²) in [6.07, 6.45) is 0.491. The lowest BCUT2D eigenvalue weighted by Gasteiger charge is -2.10. The van der Waals surface area contributed by atoms with E-state index in [4.69, 9.17) is 4.74 Å². The molecule has 0 saturated heterocycles. The Bertz CT molecular complexity index is 826. The summed E-state index contributed by atoms with van der Waals surface area (Å²) in [4.78, 5) is 19.1. The molecule has 3 aromatic rings. The molecule has 1 aromatic heterocycles. The standard InChI is InChI=1S/C17H13FN4O2/c18-13-6-8-14(9-7-13)24-16-10-15(22-19-11-23)20-17(21-16)12-4-2-1-3-5-12/h1-11H,(H,19,23)(H,20,21,22). The van der Waals surface area contributed by atoms with E-state index in [1.165, 1.54) is 30.3 Å². The van der Waals surface area contributed by atoms with Crippen molar-refractivity contribution in [1.82, 2.24) is 15.4 Å². The molecule has 3 rings (SSSR count). The predicted molar refractivity (Wildman–Crippen MR) is 86.8 cm³/mol. The summed E-state index contributed by atoms with van der Waals surface area (Å²) in [5.41, 5.74) is 5.73. The molecule has 2 N–H and O–H groups in total. The molecule has 0 spiro atoms. The van der Waals surface area contributed by atoms with Crippen molar-refractivity contribution in [1.29, 1.82) is 0 Å². The second-order valence-electron chi connectivity index (χ2n) is 4.72. The third-order valence-electron chi connectivity index (χ3n) is 3.03. The summed E-state index contributed by atoms with van der Waals surface area (Å²) in [5, 5.41) is 0. The highest BCUT2D eigenvalue weighted by Crippen LogP contribution is 2.25. The minimum atomic E-state index is -0.354. The molecule has 0 unspecified atom stereocenters. The largest absolute Gasteiger partial charge is 0.439 e. The molecular formula is C17H13FN4O2. The molecule has 7 heteroatoms. The van der Waals surface area contributed by atoms with Crippen molar-refractivity contribution in [3.8, 4) is 23.0 Å². The topological polar surface area (TPSA) is 76.1 Å². The van der Waals surface area contributed by atoms with Crippen LogP contribution in [0.15, 0.2) is 60.7 Å². The molecule has 0 bridgehead atoms. The molecule has 120 valence electrons. The molecule has 0 radical (unpaired) electrons. The molecule has 0 aliphatic heterocycles. The number of nitrogens with zero attached hydrogens (tertiary/aromatic N) is 2. The van der Waals surface area contributed by atoms with E-state index in [1.807, 2.05) is 30.3 Å². The first-order valence-electron chi connectivity index (χ1n) is 7.08. The van der Waals surface area contributed by atoms with Crippen LogP contribution in [0, 0.1) is 5.82 Å². The molecule has 0 saturated carbocycles. The number of benzene rings is 2. The van der Waals surface area contributed by atoms with Crippen molar-refractivity contribution < 1.29 is 13.9 Å². The zero-order valence-corrected chi connectivity index (χ0v) is 12.4. The summed E-state index contributed by atoms with van der Waals surface area (Å²) in [7, 11) is 0. The van der Waals surface area contributed by atoms with Gasteiger partial charge in [0.2, 0.25) is 12.3 Å². The van der Waals surface area contributed by atoms with Crippen molar-refractivity contribution in [3.05, 3.63) is 66.5 Å². The maximum atomic E-state index is 13.0. The van der Waals surface area contributed by atoms with Gasteiger partial charge in [-0.15, -0.1) is 0 Å². The molecule has 0 fully saturated rings. The lowest BCUT2D eigenvalue weighted by Crippen LogP contribution is -2.20. The second kappa shape index (κ2) is 7.19. The van der Waals surface area contributed by atoms with Crippen LogP contribution in [0.5, 0.6) is 11.6 Å². The predicted octanol–water partition coefficient (Wildman–Crippen LogP) is 3.15. The normalized spacial score (nSPS) is 10.0. The molecule has 2 aromatic carbocycles. The number of hydrazine groups is 1. The van der Waals surface area contributed by atoms with Crippen molar-refractivity contribution in [2.45, 2.75) is 0 Å². The van der Waals surface area contributed by atoms with Crippen LogP contribution in [-0.4, -0.2) is 16.4 Å². The minimum Gasteiger partial charge on any atom is -0.439 e. The third-order valence-corrected chi connectivity index (χ3v) is 3.03. The number of nitrogens with one attached hydrogen (secondary N) is 2. The maximum Gasteiger partial charge on any atom is 0.225 e. The van der Waals surface area contributed by atoms with Gasteiger partial charge in [-0.3, -0.25) is 15.6 Å². The van der Waals surface area contributed by atoms with Gasteiger partial charge in [0.05, 0.1) is 0 Å². The molecular weight excluding hydrogens is 311 g/mol. The van der Waals surface area contributed by atoms with Crippen LogP contribution >= 0.6 is 0 Å². The first kappa shape index (κ1) is 15.4. The Morgan fingerprint density at radius 3 is 2.46 bits per heavy atom. The van der Waals surface area contributed by atoms with E-state index in [9.17, 15) is 9.18 Å². The minimum absolute atomic E-state index is 0.255. The Morgan fingerprint density at radius 1 is 1.00 bits per heavy atom. The van der Waals surface area contributed by atoms with Crippen LogP contribution in [0.1, 0.15) is 0 Å². The third kappa shape index (κ3) is 3.83. The smallest absolute Gasteiger partial charge is 0.225 e. The number of carbonyl (C=O) groups is 1. The maximum absolute atomic E-state index is 13.0. The quantitative estimate of drug-likeness (QED) is 0.538. The van der Waals surface area contributed by atoms with E-state index in [0.717, 1.165) is 5.56 Å². The Labute approximate surface area is 137 Å². The first-order chi connectivity index (χ1) is 11.7. The summed E-state index contributed by atoms with van der Waals surface area (Å²) in [5.74, 6) is 1.11. The van der Waals surface area contributed by atoms with Gasteiger partial charge in [0.1, 0.15) is 11.6 Å². The number of anilines is 1. The van der Waals surface area contributed by atoms with Gasteiger partial charge in [0.25, 0.3) is 0 Å². The first-order valence-corrected chi connectivity index (χ1v) is 7.08. The van der Waals surface area contributed by atoms with Gasteiger partial charge >= 0.3 is 0 Å². The van der Waals surface area contributed by atoms with Crippen LogP contribution in [0.25, 0.3) is 11.4 Å². The van der Waals surface area contributed by atoms with E-state index in [2.05, 4.69) is 20.8 Å². The second-order valence-corrected chi connectivity index (χ2v) is 4.72. The van der Waals surface area contributed by atoms with E-state index >= 15 is 0 Å². The van der Waals surface area contributed by atoms with Gasteiger partial charge in [-0.25, -0.2) is 9.37 Å². The lowest BCUT2D eigenvalue weighted by atomic mass is 10.2. The highest BCUT2D eigenvalue weighted by molar-refractivity contribution is 5.59. The van der Waals surface area contributed by atoms with Crippen LogP contribution in [0.3, 0.4) is 0 Å². The number of aromatic nitrogens is 2. The average Bonchev–Trinajstić information content (AvgIpc) is 2.62. The fourth-order valence-electron chi connectivity index (χ4n) is 1.98. The summed E-state index contributed by atoms with van der Waals surface area (Å²) < 4.78 is 18.6. The monoisotopic (exact) mass is 324 g/mol. The molecule has 0 atom stereocenters. The molecule has 6 nitrogen and oxygen atoms in total. The molecule has 0 aliphatic rings. The fraction of sp³-hybridized carbons (Fsp3) is 0. The van der Waals surface area contributed by atoms with Crippen molar-refractivity contribution in [2.24, 2.45) is 0 Å². The fourth-order valence-corrected chi connectivity index (χ4v) is 1.98. The number of amides is 1. The van der Waals surface area contributed by atoms with Gasteiger partial charge < -0.3 is 4.74 Å². The number of carbonyl (C=O) groups excluding carboxylic acids is 1. The van der Waals surface area contributed by atoms with E-state index in [1.54, 1.807) is 0 Å². The average molecular weight is 324 g/mol. The van der Waals surface area contributed by atoms with E-state index in [0.29, 0.717) is 23.8 Å². The lowest BCUT2D eigenvalue weighted by molar-refractivity contribution is -0.109. The summed E-state index contributed by atoms with van der Waals surface area (Å²) >= 11 is 0. The van der Waals surface area contributed by atoms with Crippen LogP contribution in [-0.2, 0) is 4.79 Å². The Hall–Kier alpha value is -3.48. The van der Waals surface area contributed by atoms with Crippen molar-refractivity contribution in [3.63, 3.8) is 0 Å². The van der Waals surface area contributed by atoms with Gasteiger partial charge in [-0.05, 0) is 24.3 Å². The van der Waals surface area contributed by atoms with Crippen molar-refractivity contribution >= 4 is 12.2 Å². The molecule has 1 amide bonds. The molecule has 1 heterocycles. The number of rotatable bonds is 6. The Kier molecular flexibility index (Phi) is 4.62. The molecule has 24 heavy (non-hydrogen) atoms. The summed E-state index contributed by atoms with van der Waals surface area (Å²) in [6.45, 7) is 0. The number of hydrogen-bond acceptors (Lipinski definition) is 5. The van der Waals surface area contributed by atoms with Crippen LogP contribution in [0.2, 0.25) is 0 Å². The number of ether oxygens (including phenoxy) is 1.